The zero-order chi connectivity index (χ0) is 8.97. The molecule has 1 atom stereocenters. The van der Waals surface area contributed by atoms with Crippen LogP contribution in [0.2, 0.25) is 0 Å². The molecule has 0 N–H and O–H groups in total. The molecular formula is C10H13ClO. The Balaban J connectivity index is 2.57. The zero-order valence-corrected chi connectivity index (χ0v) is 8.14. The van der Waals surface area contributed by atoms with Crippen LogP contribution in [-0.2, 0) is 0 Å². The Labute approximate surface area is 78.3 Å². The molecule has 1 unspecified atom stereocenters. The first kappa shape index (κ1) is 9.40. The lowest BCUT2D eigenvalue weighted by Crippen LogP contribution is -2.07. The molecule has 0 aromatic heterocycles. The maximum atomic E-state index is 5.76. The van der Waals surface area contributed by atoms with E-state index in [1.54, 1.807) is 0 Å². The van der Waals surface area contributed by atoms with Crippen LogP contribution >= 0.6 is 11.6 Å². The van der Waals surface area contributed by atoms with Crippen LogP contribution < -0.4 is 4.74 Å². The molecule has 0 aliphatic carbocycles. The number of benzene rings is 1. The van der Waals surface area contributed by atoms with Crippen LogP contribution in [0.5, 0.6) is 5.75 Å². The third-order valence-electron chi connectivity index (χ3n) is 1.56. The molecule has 0 bridgehead atoms. The highest BCUT2D eigenvalue weighted by molar-refractivity contribution is 6.20. The molecule has 1 aromatic carbocycles. The van der Waals surface area contributed by atoms with E-state index in [0.717, 1.165) is 11.3 Å². The predicted molar refractivity (Wildman–Crippen MR) is 52.0 cm³/mol. The van der Waals surface area contributed by atoms with Crippen molar-refractivity contribution in [3.8, 4) is 5.75 Å². The number of hydrogen-bond acceptors (Lipinski definition) is 1. The van der Waals surface area contributed by atoms with Gasteiger partial charge in [0.25, 0.3) is 0 Å². The Hall–Kier alpha value is -0.690. The second-order valence-electron chi connectivity index (χ2n) is 2.86. The molecule has 0 saturated heterocycles. The van der Waals surface area contributed by atoms with Gasteiger partial charge in [-0.1, -0.05) is 18.2 Å². The molecule has 0 amide bonds. The molecule has 66 valence electrons. The van der Waals surface area contributed by atoms with Crippen LogP contribution in [0.15, 0.2) is 24.3 Å². The first-order chi connectivity index (χ1) is 5.70. The first-order valence-electron chi connectivity index (χ1n) is 4.02. The summed E-state index contributed by atoms with van der Waals surface area (Å²) in [7, 11) is 0. The second kappa shape index (κ2) is 4.36. The van der Waals surface area contributed by atoms with Gasteiger partial charge in [-0.15, -0.1) is 11.6 Å². The molecule has 0 heterocycles. The fourth-order valence-corrected chi connectivity index (χ4v) is 0.986. The van der Waals surface area contributed by atoms with Crippen molar-refractivity contribution < 1.29 is 4.74 Å². The molecule has 0 aliphatic rings. The lowest BCUT2D eigenvalue weighted by Gasteiger charge is -2.09. The van der Waals surface area contributed by atoms with E-state index in [2.05, 4.69) is 0 Å². The van der Waals surface area contributed by atoms with Gasteiger partial charge >= 0.3 is 0 Å². The molecule has 2 heteroatoms. The van der Waals surface area contributed by atoms with Crippen LogP contribution in [0.3, 0.4) is 0 Å². The highest BCUT2D eigenvalue weighted by Crippen LogP contribution is 2.16. The van der Waals surface area contributed by atoms with Gasteiger partial charge in [0.2, 0.25) is 0 Å². The number of rotatable bonds is 3. The third-order valence-corrected chi connectivity index (χ3v) is 1.69. The third kappa shape index (κ3) is 2.74. The summed E-state index contributed by atoms with van der Waals surface area (Å²) in [5, 5.41) is 0.0598. The van der Waals surface area contributed by atoms with Crippen molar-refractivity contribution in [2.24, 2.45) is 0 Å². The highest BCUT2D eigenvalue weighted by atomic mass is 35.5. The maximum absolute atomic E-state index is 5.76. The largest absolute Gasteiger partial charge is 0.492 e. The van der Waals surface area contributed by atoms with Crippen molar-refractivity contribution in [3.05, 3.63) is 29.8 Å². The molecule has 0 saturated carbocycles. The van der Waals surface area contributed by atoms with Gasteiger partial charge in [-0.05, 0) is 25.5 Å². The van der Waals surface area contributed by atoms with Gasteiger partial charge in [-0.3, -0.25) is 0 Å². The van der Waals surface area contributed by atoms with E-state index in [0.29, 0.717) is 6.61 Å². The van der Waals surface area contributed by atoms with Crippen LogP contribution in [0, 0.1) is 6.92 Å². The van der Waals surface area contributed by atoms with E-state index in [1.807, 2.05) is 38.1 Å². The number of para-hydroxylation sites is 1. The second-order valence-corrected chi connectivity index (χ2v) is 3.60. The van der Waals surface area contributed by atoms with Gasteiger partial charge in [0.15, 0.2) is 0 Å². The normalized spacial score (nSPS) is 12.6. The molecule has 1 aromatic rings. The topological polar surface area (TPSA) is 9.23 Å². The van der Waals surface area contributed by atoms with Crippen molar-refractivity contribution in [2.45, 2.75) is 19.2 Å². The van der Waals surface area contributed by atoms with Crippen LogP contribution in [0.4, 0.5) is 0 Å². The predicted octanol–water partition coefficient (Wildman–Crippen LogP) is 3.00. The quantitative estimate of drug-likeness (QED) is 0.657. The first-order valence-corrected chi connectivity index (χ1v) is 4.46. The van der Waals surface area contributed by atoms with Crippen molar-refractivity contribution in [2.75, 3.05) is 6.61 Å². The molecule has 1 rings (SSSR count). The lowest BCUT2D eigenvalue weighted by molar-refractivity contribution is 0.318. The average Bonchev–Trinajstić information content (AvgIpc) is 2.03. The summed E-state index contributed by atoms with van der Waals surface area (Å²) < 4.78 is 5.47. The Morgan fingerprint density at radius 3 is 2.67 bits per heavy atom. The summed E-state index contributed by atoms with van der Waals surface area (Å²) in [4.78, 5) is 0. The number of aryl methyl sites for hydroxylation is 1. The Morgan fingerprint density at radius 2 is 2.08 bits per heavy atom. The van der Waals surface area contributed by atoms with E-state index in [9.17, 15) is 0 Å². The van der Waals surface area contributed by atoms with Crippen LogP contribution in [0.1, 0.15) is 12.5 Å². The summed E-state index contributed by atoms with van der Waals surface area (Å²) in [6.45, 7) is 4.50. The van der Waals surface area contributed by atoms with Gasteiger partial charge in [-0.2, -0.15) is 0 Å². The fraction of sp³-hybridized carbons (Fsp3) is 0.400. The van der Waals surface area contributed by atoms with Gasteiger partial charge in [0, 0.05) is 0 Å². The van der Waals surface area contributed by atoms with E-state index in [4.69, 9.17) is 16.3 Å². The summed E-state index contributed by atoms with van der Waals surface area (Å²) in [5.74, 6) is 0.921. The molecule has 0 radical (unpaired) electrons. The molecule has 0 spiro atoms. The van der Waals surface area contributed by atoms with Crippen molar-refractivity contribution in [1.82, 2.24) is 0 Å². The number of ether oxygens (including phenoxy) is 1. The fourth-order valence-electron chi connectivity index (χ4n) is 0.923. The zero-order valence-electron chi connectivity index (χ0n) is 7.38. The molecule has 1 nitrogen and oxygen atoms in total. The van der Waals surface area contributed by atoms with Crippen molar-refractivity contribution in [1.29, 1.82) is 0 Å². The molecule has 0 fully saturated rings. The summed E-state index contributed by atoms with van der Waals surface area (Å²) in [6.07, 6.45) is 0. The molecule has 0 aliphatic heterocycles. The minimum Gasteiger partial charge on any atom is -0.492 e. The standard InChI is InChI=1S/C10H13ClO/c1-8-5-3-4-6-10(8)12-7-9(2)11/h3-6,9H,7H2,1-2H3. The Bertz CT molecular complexity index is 245. The van der Waals surface area contributed by atoms with Crippen LogP contribution in [-0.4, -0.2) is 12.0 Å². The summed E-state index contributed by atoms with van der Waals surface area (Å²) in [5.41, 5.74) is 1.15. The van der Waals surface area contributed by atoms with Gasteiger partial charge in [0.05, 0.1) is 5.38 Å². The van der Waals surface area contributed by atoms with E-state index in [1.165, 1.54) is 0 Å². The maximum Gasteiger partial charge on any atom is 0.122 e. The van der Waals surface area contributed by atoms with E-state index < -0.39 is 0 Å². The van der Waals surface area contributed by atoms with Gasteiger partial charge < -0.3 is 4.74 Å². The van der Waals surface area contributed by atoms with E-state index >= 15 is 0 Å². The smallest absolute Gasteiger partial charge is 0.122 e. The van der Waals surface area contributed by atoms with E-state index in [-0.39, 0.29) is 5.38 Å². The highest BCUT2D eigenvalue weighted by Gasteiger charge is 1.99. The minimum atomic E-state index is 0.0598. The molecule has 12 heavy (non-hydrogen) atoms. The SMILES string of the molecule is Cc1ccccc1OCC(C)Cl. The van der Waals surface area contributed by atoms with Crippen molar-refractivity contribution in [3.63, 3.8) is 0 Å². The van der Waals surface area contributed by atoms with Crippen molar-refractivity contribution >= 4 is 11.6 Å². The minimum absolute atomic E-state index is 0.0598. The molecular weight excluding hydrogens is 172 g/mol. The summed E-state index contributed by atoms with van der Waals surface area (Å²) >= 11 is 5.76. The van der Waals surface area contributed by atoms with Gasteiger partial charge in [0.1, 0.15) is 12.4 Å². The van der Waals surface area contributed by atoms with Gasteiger partial charge in [-0.25, -0.2) is 0 Å². The number of hydrogen-bond donors (Lipinski definition) is 0. The lowest BCUT2D eigenvalue weighted by atomic mass is 10.2. The number of halogens is 1. The monoisotopic (exact) mass is 184 g/mol. The average molecular weight is 185 g/mol. The van der Waals surface area contributed by atoms with Crippen LogP contribution in [0.25, 0.3) is 0 Å². The number of alkyl halides is 1. The Kier molecular flexibility index (Phi) is 3.42. The summed E-state index contributed by atoms with van der Waals surface area (Å²) in [6, 6.07) is 7.93. The Morgan fingerprint density at radius 1 is 1.42 bits per heavy atom.